The van der Waals surface area contributed by atoms with Crippen molar-refractivity contribution in [1.82, 2.24) is 15.0 Å². The van der Waals surface area contributed by atoms with Gasteiger partial charge in [-0.25, -0.2) is 9.97 Å². The highest BCUT2D eigenvalue weighted by Gasteiger charge is 2.07. The molecule has 4 nitrogen and oxygen atoms in total. The fraction of sp³-hybridized carbons (Fsp3) is 0.167. The van der Waals surface area contributed by atoms with Crippen LogP contribution in [0.2, 0.25) is 0 Å². The van der Waals surface area contributed by atoms with Crippen molar-refractivity contribution in [3.8, 4) is 10.7 Å². The molecule has 86 valence electrons. The molecule has 0 aliphatic rings. The van der Waals surface area contributed by atoms with Crippen molar-refractivity contribution in [2.45, 2.75) is 6.42 Å². The molecule has 0 aliphatic heterocycles. The van der Waals surface area contributed by atoms with Crippen LogP contribution in [0.5, 0.6) is 0 Å². The van der Waals surface area contributed by atoms with E-state index < -0.39 is 0 Å². The summed E-state index contributed by atoms with van der Waals surface area (Å²) in [5.74, 6) is 0. The molecule has 0 bridgehead atoms. The summed E-state index contributed by atoms with van der Waals surface area (Å²) in [5, 5.41) is 4.16. The van der Waals surface area contributed by atoms with E-state index in [0.717, 1.165) is 33.8 Å². The minimum absolute atomic E-state index is 0.636. The van der Waals surface area contributed by atoms with Crippen molar-refractivity contribution in [2.24, 2.45) is 5.73 Å². The lowest BCUT2D eigenvalue weighted by molar-refractivity contribution is 0.936. The normalized spacial score (nSPS) is 11.1. The number of aromatic nitrogens is 3. The molecule has 0 saturated heterocycles. The minimum Gasteiger partial charge on any atom is -0.337 e. The summed E-state index contributed by atoms with van der Waals surface area (Å²) in [6.07, 6.45) is 2.61. The van der Waals surface area contributed by atoms with Crippen LogP contribution in [0.3, 0.4) is 0 Å². The molecule has 3 N–H and O–H groups in total. The number of thiazole rings is 1. The molecule has 0 aliphatic carbocycles. The van der Waals surface area contributed by atoms with E-state index in [2.05, 4.69) is 26.4 Å². The molecule has 0 spiro atoms. The Kier molecular flexibility index (Phi) is 2.62. The van der Waals surface area contributed by atoms with E-state index in [4.69, 9.17) is 5.73 Å². The van der Waals surface area contributed by atoms with Crippen LogP contribution in [0.25, 0.3) is 21.7 Å². The van der Waals surface area contributed by atoms with Gasteiger partial charge in [0.15, 0.2) is 0 Å². The molecule has 3 aromatic rings. The smallest absolute Gasteiger partial charge is 0.140 e. The number of pyridine rings is 1. The van der Waals surface area contributed by atoms with E-state index in [9.17, 15) is 0 Å². The Morgan fingerprint density at radius 2 is 2.35 bits per heavy atom. The Bertz CT molecular complexity index is 608. The number of H-pyrrole nitrogens is 1. The number of nitrogens with zero attached hydrogens (tertiary/aromatic N) is 2. The average molecular weight is 244 g/mol. The Balaban J connectivity index is 2.01. The first-order valence-corrected chi connectivity index (χ1v) is 6.33. The topological polar surface area (TPSA) is 67.6 Å². The van der Waals surface area contributed by atoms with Gasteiger partial charge >= 0.3 is 0 Å². The molecule has 0 unspecified atom stereocenters. The molecule has 0 radical (unpaired) electrons. The Morgan fingerprint density at radius 3 is 3.18 bits per heavy atom. The number of hydrogen-bond acceptors (Lipinski definition) is 4. The van der Waals surface area contributed by atoms with Gasteiger partial charge in [0, 0.05) is 23.4 Å². The van der Waals surface area contributed by atoms with Crippen molar-refractivity contribution >= 4 is 22.4 Å². The number of aromatic amines is 1. The second-order valence-corrected chi connectivity index (χ2v) is 4.67. The summed E-state index contributed by atoms with van der Waals surface area (Å²) in [5.41, 5.74) is 8.49. The molecule has 3 aromatic heterocycles. The first-order valence-electron chi connectivity index (χ1n) is 5.45. The molecule has 0 amide bonds. The monoisotopic (exact) mass is 244 g/mol. The highest BCUT2D eigenvalue weighted by atomic mass is 32.1. The van der Waals surface area contributed by atoms with Gasteiger partial charge in [-0.1, -0.05) is 0 Å². The van der Waals surface area contributed by atoms with Gasteiger partial charge in [0.2, 0.25) is 0 Å². The van der Waals surface area contributed by atoms with Gasteiger partial charge in [-0.15, -0.1) is 11.3 Å². The summed E-state index contributed by atoms with van der Waals surface area (Å²) in [7, 11) is 0. The van der Waals surface area contributed by atoms with Gasteiger partial charge in [-0.05, 0) is 24.7 Å². The zero-order chi connectivity index (χ0) is 11.7. The standard InChI is InChI=1S/C12H12N4S/c13-4-3-9-7-17-12(15-9)10-6-8-2-1-5-14-11(8)16-10/h1-2,5-7H,3-4,13H2,(H,14,16). The SMILES string of the molecule is NCCc1csc(-c2cc3cccnc3[nH]2)n1. The highest BCUT2D eigenvalue weighted by molar-refractivity contribution is 7.13. The third-order valence-electron chi connectivity index (χ3n) is 2.57. The van der Waals surface area contributed by atoms with E-state index in [-0.39, 0.29) is 0 Å². The first-order chi connectivity index (χ1) is 8.36. The lowest BCUT2D eigenvalue weighted by Crippen LogP contribution is -2.02. The van der Waals surface area contributed by atoms with Crippen LogP contribution in [0.1, 0.15) is 5.69 Å². The van der Waals surface area contributed by atoms with Crippen molar-refractivity contribution in [3.63, 3.8) is 0 Å². The van der Waals surface area contributed by atoms with Crippen LogP contribution in [0.4, 0.5) is 0 Å². The summed E-state index contributed by atoms with van der Waals surface area (Å²) in [4.78, 5) is 12.1. The van der Waals surface area contributed by atoms with Crippen LogP contribution in [0, 0.1) is 0 Å². The predicted molar refractivity (Wildman–Crippen MR) is 70.0 cm³/mol. The van der Waals surface area contributed by atoms with Gasteiger partial charge in [-0.3, -0.25) is 0 Å². The fourth-order valence-corrected chi connectivity index (χ4v) is 2.59. The fourth-order valence-electron chi connectivity index (χ4n) is 1.77. The average Bonchev–Trinajstić information content (AvgIpc) is 2.94. The van der Waals surface area contributed by atoms with Gasteiger partial charge in [0.05, 0.1) is 11.4 Å². The number of rotatable bonds is 3. The minimum atomic E-state index is 0.636. The maximum absolute atomic E-state index is 5.52. The van der Waals surface area contributed by atoms with Crippen molar-refractivity contribution in [1.29, 1.82) is 0 Å². The zero-order valence-corrected chi connectivity index (χ0v) is 10.00. The van der Waals surface area contributed by atoms with Crippen molar-refractivity contribution in [2.75, 3.05) is 6.54 Å². The molecule has 17 heavy (non-hydrogen) atoms. The second kappa shape index (κ2) is 4.27. The van der Waals surface area contributed by atoms with E-state index in [1.165, 1.54) is 0 Å². The number of fused-ring (bicyclic) bond motifs is 1. The van der Waals surface area contributed by atoms with Crippen molar-refractivity contribution < 1.29 is 0 Å². The third kappa shape index (κ3) is 1.94. The van der Waals surface area contributed by atoms with Crippen molar-refractivity contribution in [3.05, 3.63) is 35.5 Å². The van der Waals surface area contributed by atoms with Crippen LogP contribution in [-0.2, 0) is 6.42 Å². The summed E-state index contributed by atoms with van der Waals surface area (Å²) >= 11 is 1.63. The maximum atomic E-state index is 5.52. The van der Waals surface area contributed by atoms with Gasteiger partial charge in [-0.2, -0.15) is 0 Å². The molecular formula is C12H12N4S. The molecule has 0 fully saturated rings. The molecule has 0 aromatic carbocycles. The Hall–Kier alpha value is -1.72. The number of nitrogens with one attached hydrogen (secondary N) is 1. The largest absolute Gasteiger partial charge is 0.337 e. The lowest BCUT2D eigenvalue weighted by atomic mass is 10.3. The second-order valence-electron chi connectivity index (χ2n) is 3.81. The molecule has 0 saturated carbocycles. The van der Waals surface area contributed by atoms with Crippen LogP contribution < -0.4 is 5.73 Å². The molecule has 0 atom stereocenters. The van der Waals surface area contributed by atoms with Crippen LogP contribution in [-0.4, -0.2) is 21.5 Å². The third-order valence-corrected chi connectivity index (χ3v) is 3.50. The summed E-state index contributed by atoms with van der Waals surface area (Å²) in [6, 6.07) is 6.05. The van der Waals surface area contributed by atoms with Gasteiger partial charge in [0.25, 0.3) is 0 Å². The van der Waals surface area contributed by atoms with Crippen LogP contribution >= 0.6 is 11.3 Å². The Labute approximate surface area is 103 Å². The quantitative estimate of drug-likeness (QED) is 0.742. The number of nitrogens with two attached hydrogens (primary N) is 1. The predicted octanol–water partition coefficient (Wildman–Crippen LogP) is 2.19. The van der Waals surface area contributed by atoms with E-state index in [1.807, 2.05) is 12.1 Å². The van der Waals surface area contributed by atoms with E-state index in [1.54, 1.807) is 17.5 Å². The Morgan fingerprint density at radius 1 is 1.41 bits per heavy atom. The molecule has 5 heteroatoms. The summed E-state index contributed by atoms with van der Waals surface area (Å²) in [6.45, 7) is 0.636. The molecular weight excluding hydrogens is 232 g/mol. The van der Waals surface area contributed by atoms with Crippen LogP contribution in [0.15, 0.2) is 29.8 Å². The van der Waals surface area contributed by atoms with E-state index in [0.29, 0.717) is 6.54 Å². The maximum Gasteiger partial charge on any atom is 0.140 e. The zero-order valence-electron chi connectivity index (χ0n) is 9.18. The number of hydrogen-bond donors (Lipinski definition) is 2. The summed E-state index contributed by atoms with van der Waals surface area (Å²) < 4.78 is 0. The first kappa shape index (κ1) is 10.4. The lowest BCUT2D eigenvalue weighted by Gasteiger charge is -1.90. The van der Waals surface area contributed by atoms with E-state index >= 15 is 0 Å². The highest BCUT2D eigenvalue weighted by Crippen LogP contribution is 2.25. The molecule has 3 heterocycles. The van der Waals surface area contributed by atoms with Gasteiger partial charge in [0.1, 0.15) is 10.7 Å². The van der Waals surface area contributed by atoms with Gasteiger partial charge < -0.3 is 10.7 Å². The molecule has 3 rings (SSSR count).